The van der Waals surface area contributed by atoms with E-state index in [9.17, 15) is 9.59 Å². The van der Waals surface area contributed by atoms with Gasteiger partial charge in [0.05, 0.1) is 5.69 Å². The number of amides is 1. The first-order chi connectivity index (χ1) is 6.56. The molecular formula is C9H9NO3S. The molecule has 0 bridgehead atoms. The summed E-state index contributed by atoms with van der Waals surface area (Å²) in [5.41, 5.74) is 1.09. The third kappa shape index (κ3) is 2.00. The van der Waals surface area contributed by atoms with E-state index in [4.69, 9.17) is 5.11 Å². The molecule has 5 heteroatoms. The third-order valence-corrected chi connectivity index (χ3v) is 2.69. The van der Waals surface area contributed by atoms with Gasteiger partial charge in [0.15, 0.2) is 0 Å². The maximum atomic E-state index is 11.0. The molecule has 1 amide bonds. The number of rotatable bonds is 3. The van der Waals surface area contributed by atoms with Gasteiger partial charge in [-0.05, 0) is 23.9 Å². The molecular weight excluding hydrogens is 202 g/mol. The van der Waals surface area contributed by atoms with Crippen molar-refractivity contribution in [2.75, 3.05) is 5.32 Å². The lowest BCUT2D eigenvalue weighted by molar-refractivity contribution is -0.111. The van der Waals surface area contributed by atoms with Crippen LogP contribution in [-0.4, -0.2) is 17.0 Å². The predicted octanol–water partition coefficient (Wildman–Crippen LogP) is 1.88. The average molecular weight is 211 g/mol. The van der Waals surface area contributed by atoms with Crippen molar-refractivity contribution in [2.45, 2.75) is 6.92 Å². The first-order valence-corrected chi connectivity index (χ1v) is 4.69. The molecule has 0 aliphatic carbocycles. The molecule has 0 radical (unpaired) electrons. The minimum atomic E-state index is -1.04. The van der Waals surface area contributed by atoms with E-state index in [1.54, 1.807) is 12.3 Å². The summed E-state index contributed by atoms with van der Waals surface area (Å²) in [7, 11) is 0. The molecule has 0 aliphatic heterocycles. The molecule has 0 aliphatic rings. The maximum absolute atomic E-state index is 11.0. The van der Waals surface area contributed by atoms with E-state index in [1.165, 1.54) is 0 Å². The number of carboxylic acids is 1. The second-order valence-electron chi connectivity index (χ2n) is 2.62. The van der Waals surface area contributed by atoms with Crippen LogP contribution in [0.2, 0.25) is 0 Å². The summed E-state index contributed by atoms with van der Waals surface area (Å²) in [6.07, 6.45) is 1.10. The average Bonchev–Trinajstić information content (AvgIpc) is 2.48. The van der Waals surface area contributed by atoms with Gasteiger partial charge in [-0.15, -0.1) is 11.3 Å². The summed E-state index contributed by atoms with van der Waals surface area (Å²) in [4.78, 5) is 21.9. The Hall–Kier alpha value is -1.62. The Morgan fingerprint density at radius 3 is 2.79 bits per heavy atom. The van der Waals surface area contributed by atoms with E-state index < -0.39 is 11.9 Å². The van der Waals surface area contributed by atoms with Gasteiger partial charge < -0.3 is 10.4 Å². The molecule has 0 unspecified atom stereocenters. The van der Waals surface area contributed by atoms with Gasteiger partial charge in [-0.2, -0.15) is 0 Å². The van der Waals surface area contributed by atoms with Crippen LogP contribution in [-0.2, 0) is 4.79 Å². The fourth-order valence-corrected chi connectivity index (χ4v) is 1.77. The van der Waals surface area contributed by atoms with Crippen LogP contribution >= 0.6 is 11.3 Å². The van der Waals surface area contributed by atoms with Crippen molar-refractivity contribution in [3.63, 3.8) is 0 Å². The molecule has 0 atom stereocenters. The van der Waals surface area contributed by atoms with Crippen LogP contribution in [0, 0.1) is 6.92 Å². The SMILES string of the molecule is C=CC(=O)Nc1c(C)csc1C(=O)O. The summed E-state index contributed by atoms with van der Waals surface area (Å²) < 4.78 is 0. The summed E-state index contributed by atoms with van der Waals surface area (Å²) in [5.74, 6) is -1.45. The lowest BCUT2D eigenvalue weighted by Crippen LogP contribution is -2.10. The van der Waals surface area contributed by atoms with Gasteiger partial charge in [0, 0.05) is 0 Å². The second-order valence-corrected chi connectivity index (χ2v) is 3.50. The summed E-state index contributed by atoms with van der Waals surface area (Å²) >= 11 is 1.09. The lowest BCUT2D eigenvalue weighted by Gasteiger charge is -2.02. The van der Waals surface area contributed by atoms with Gasteiger partial charge in [0.2, 0.25) is 5.91 Å². The number of aromatic carboxylic acids is 1. The summed E-state index contributed by atoms with van der Waals surface area (Å²) in [6.45, 7) is 5.03. The Kier molecular flexibility index (Phi) is 3.03. The van der Waals surface area contributed by atoms with Crippen molar-refractivity contribution < 1.29 is 14.7 Å². The zero-order valence-corrected chi connectivity index (χ0v) is 8.35. The lowest BCUT2D eigenvalue weighted by atomic mass is 10.2. The molecule has 2 N–H and O–H groups in total. The maximum Gasteiger partial charge on any atom is 0.348 e. The molecule has 0 spiro atoms. The van der Waals surface area contributed by atoms with Crippen molar-refractivity contribution in [1.29, 1.82) is 0 Å². The van der Waals surface area contributed by atoms with E-state index in [0.717, 1.165) is 23.0 Å². The second kappa shape index (κ2) is 4.06. The zero-order chi connectivity index (χ0) is 10.7. The molecule has 0 saturated carbocycles. The van der Waals surface area contributed by atoms with Crippen LogP contribution < -0.4 is 5.32 Å². The molecule has 1 aromatic heterocycles. The summed E-state index contributed by atoms with van der Waals surface area (Å²) in [6, 6.07) is 0. The molecule has 74 valence electrons. The van der Waals surface area contributed by atoms with E-state index in [1.807, 2.05) is 0 Å². The van der Waals surface area contributed by atoms with Gasteiger partial charge in [0.1, 0.15) is 4.88 Å². The molecule has 0 fully saturated rings. The fraction of sp³-hybridized carbons (Fsp3) is 0.111. The van der Waals surface area contributed by atoms with Crippen LogP contribution in [0.5, 0.6) is 0 Å². The molecule has 0 saturated heterocycles. The highest BCUT2D eigenvalue weighted by Crippen LogP contribution is 2.27. The minimum absolute atomic E-state index is 0.137. The highest BCUT2D eigenvalue weighted by Gasteiger charge is 2.15. The first kappa shape index (κ1) is 10.5. The highest BCUT2D eigenvalue weighted by atomic mass is 32.1. The molecule has 4 nitrogen and oxygen atoms in total. The number of nitrogens with one attached hydrogen (secondary N) is 1. The number of carbonyl (C=O) groups excluding carboxylic acids is 1. The van der Waals surface area contributed by atoms with E-state index in [2.05, 4.69) is 11.9 Å². The summed E-state index contributed by atoms with van der Waals surface area (Å²) in [5, 5.41) is 12.9. The predicted molar refractivity (Wildman–Crippen MR) is 54.8 cm³/mol. The van der Waals surface area contributed by atoms with Crippen LogP contribution in [0.1, 0.15) is 15.2 Å². The molecule has 1 rings (SSSR count). The Morgan fingerprint density at radius 1 is 1.64 bits per heavy atom. The third-order valence-electron chi connectivity index (χ3n) is 1.60. The number of aryl methyl sites for hydroxylation is 1. The monoisotopic (exact) mass is 211 g/mol. The Morgan fingerprint density at radius 2 is 2.29 bits per heavy atom. The smallest absolute Gasteiger partial charge is 0.348 e. The molecule has 14 heavy (non-hydrogen) atoms. The van der Waals surface area contributed by atoms with E-state index >= 15 is 0 Å². The van der Waals surface area contributed by atoms with E-state index in [0.29, 0.717) is 5.69 Å². The Balaban J connectivity index is 3.05. The van der Waals surface area contributed by atoms with Crippen molar-refractivity contribution in [3.05, 3.63) is 28.5 Å². The van der Waals surface area contributed by atoms with Crippen molar-refractivity contribution >= 4 is 28.9 Å². The van der Waals surface area contributed by atoms with Gasteiger partial charge in [-0.25, -0.2) is 4.79 Å². The number of thiophene rings is 1. The largest absolute Gasteiger partial charge is 0.477 e. The van der Waals surface area contributed by atoms with Crippen LogP contribution in [0.4, 0.5) is 5.69 Å². The normalized spacial score (nSPS) is 9.50. The Bertz CT molecular complexity index is 395. The van der Waals surface area contributed by atoms with Crippen LogP contribution in [0.15, 0.2) is 18.0 Å². The van der Waals surface area contributed by atoms with Crippen LogP contribution in [0.25, 0.3) is 0 Å². The molecule has 1 heterocycles. The number of hydrogen-bond acceptors (Lipinski definition) is 3. The highest BCUT2D eigenvalue weighted by molar-refractivity contribution is 7.12. The van der Waals surface area contributed by atoms with Crippen molar-refractivity contribution in [3.8, 4) is 0 Å². The molecule has 1 aromatic rings. The van der Waals surface area contributed by atoms with Gasteiger partial charge in [0.25, 0.3) is 0 Å². The Labute approximate surface area is 84.9 Å². The van der Waals surface area contributed by atoms with Crippen molar-refractivity contribution in [1.82, 2.24) is 0 Å². The van der Waals surface area contributed by atoms with Gasteiger partial charge in [-0.3, -0.25) is 4.79 Å². The van der Waals surface area contributed by atoms with Gasteiger partial charge >= 0.3 is 5.97 Å². The quantitative estimate of drug-likeness (QED) is 0.750. The number of anilines is 1. The minimum Gasteiger partial charge on any atom is -0.477 e. The van der Waals surface area contributed by atoms with Crippen molar-refractivity contribution in [2.24, 2.45) is 0 Å². The van der Waals surface area contributed by atoms with Gasteiger partial charge in [-0.1, -0.05) is 6.58 Å². The number of carbonyl (C=O) groups is 2. The van der Waals surface area contributed by atoms with E-state index in [-0.39, 0.29) is 4.88 Å². The molecule has 0 aromatic carbocycles. The van der Waals surface area contributed by atoms with Crippen LogP contribution in [0.3, 0.4) is 0 Å². The fourth-order valence-electron chi connectivity index (χ4n) is 0.931. The zero-order valence-electron chi connectivity index (χ0n) is 7.53. The standard InChI is InChI=1S/C9H9NO3S/c1-3-6(11)10-7-5(2)4-14-8(7)9(12)13/h3-4H,1H2,2H3,(H,10,11)(H,12,13). The number of carboxylic acid groups (broad SMARTS) is 1. The first-order valence-electron chi connectivity index (χ1n) is 3.81. The number of hydrogen-bond donors (Lipinski definition) is 2. The topological polar surface area (TPSA) is 66.4 Å².